The number of rotatable bonds is 4. The fourth-order valence-corrected chi connectivity index (χ4v) is 1.57. The number of benzene rings is 1. The second-order valence-electron chi connectivity index (χ2n) is 4.04. The molecule has 116 valence electrons. The first-order valence-electron chi connectivity index (χ1n) is 5.81. The van der Waals surface area contributed by atoms with Gasteiger partial charge in [0.15, 0.2) is 0 Å². The van der Waals surface area contributed by atoms with Gasteiger partial charge in [0, 0.05) is 24.0 Å². The van der Waals surface area contributed by atoms with Gasteiger partial charge in [-0.05, 0) is 12.1 Å². The van der Waals surface area contributed by atoms with Crippen molar-refractivity contribution >= 4 is 17.3 Å². The average molecular weight is 314 g/mol. The van der Waals surface area contributed by atoms with E-state index in [1.54, 1.807) is 0 Å². The molecule has 7 nitrogen and oxygen atoms in total. The molecule has 0 amide bonds. The van der Waals surface area contributed by atoms with Gasteiger partial charge in [-0.15, -0.1) is 0 Å². The molecule has 0 aliphatic carbocycles. The van der Waals surface area contributed by atoms with Crippen molar-refractivity contribution in [2.24, 2.45) is 0 Å². The van der Waals surface area contributed by atoms with E-state index in [0.29, 0.717) is 11.9 Å². The predicted molar refractivity (Wildman–Crippen MR) is 70.0 cm³/mol. The third-order valence-electron chi connectivity index (χ3n) is 2.59. The zero-order chi connectivity index (χ0) is 16.3. The smallest absolute Gasteiger partial charge is 0.423 e. The lowest BCUT2D eigenvalue weighted by Crippen LogP contribution is -2.11. The van der Waals surface area contributed by atoms with Crippen LogP contribution in [0.15, 0.2) is 30.5 Å². The van der Waals surface area contributed by atoms with Gasteiger partial charge in [0.25, 0.3) is 5.69 Å². The predicted octanol–water partition coefficient (Wildman–Crippen LogP) is 3.16. The molecule has 0 atom stereocenters. The van der Waals surface area contributed by atoms with E-state index in [1.165, 1.54) is 24.3 Å². The molecule has 0 aliphatic rings. The number of nitrogens with one attached hydrogen (secondary N) is 1. The van der Waals surface area contributed by atoms with Crippen LogP contribution in [0.25, 0.3) is 0 Å². The van der Waals surface area contributed by atoms with E-state index in [1.807, 2.05) is 0 Å². The van der Waals surface area contributed by atoms with Crippen LogP contribution in [0.2, 0.25) is 0 Å². The Morgan fingerprint density at radius 3 is 2.41 bits per heavy atom. The molecule has 0 saturated heterocycles. The molecule has 2 aromatic rings. The highest BCUT2D eigenvalue weighted by molar-refractivity contribution is 5.56. The van der Waals surface area contributed by atoms with Crippen LogP contribution in [0.5, 0.6) is 5.88 Å². The lowest BCUT2D eigenvalue weighted by atomic mass is 10.3. The number of methoxy groups -OCH3 is 1. The van der Waals surface area contributed by atoms with Crippen molar-refractivity contribution in [3.63, 3.8) is 0 Å². The quantitative estimate of drug-likeness (QED) is 0.688. The van der Waals surface area contributed by atoms with Gasteiger partial charge in [-0.1, -0.05) is 0 Å². The number of nitro groups is 1. The highest BCUT2D eigenvalue weighted by atomic mass is 19.4. The van der Waals surface area contributed by atoms with E-state index in [-0.39, 0.29) is 11.6 Å². The number of ether oxygens (including phenoxy) is 1. The number of non-ortho nitro benzene ring substituents is 1. The van der Waals surface area contributed by atoms with E-state index < -0.39 is 22.5 Å². The number of hydrogen-bond donors (Lipinski definition) is 1. The van der Waals surface area contributed by atoms with Gasteiger partial charge in [-0.2, -0.15) is 18.2 Å². The summed E-state index contributed by atoms with van der Waals surface area (Å²) in [5.74, 6) is -0.745. The Bertz CT molecular complexity index is 689. The number of alkyl halides is 3. The van der Waals surface area contributed by atoms with Gasteiger partial charge >= 0.3 is 6.18 Å². The molecule has 0 fully saturated rings. The van der Waals surface area contributed by atoms with Crippen molar-refractivity contribution in [2.45, 2.75) is 6.18 Å². The van der Waals surface area contributed by atoms with E-state index in [9.17, 15) is 23.3 Å². The van der Waals surface area contributed by atoms with Crippen molar-refractivity contribution in [3.05, 3.63) is 46.1 Å². The third kappa shape index (κ3) is 3.40. The summed E-state index contributed by atoms with van der Waals surface area (Å²) < 4.78 is 42.6. The van der Waals surface area contributed by atoms with Crippen molar-refractivity contribution in [1.82, 2.24) is 9.97 Å². The Hall–Kier alpha value is -2.91. The molecular formula is C12H9F3N4O3. The Kier molecular flexibility index (Phi) is 4.11. The second kappa shape index (κ2) is 5.84. The van der Waals surface area contributed by atoms with Gasteiger partial charge in [-0.3, -0.25) is 10.1 Å². The minimum atomic E-state index is -4.63. The Morgan fingerprint density at radius 2 is 1.91 bits per heavy atom. The van der Waals surface area contributed by atoms with Gasteiger partial charge in [0.05, 0.1) is 12.0 Å². The third-order valence-corrected chi connectivity index (χ3v) is 2.59. The van der Waals surface area contributed by atoms with Crippen LogP contribution in [0.3, 0.4) is 0 Å². The summed E-state index contributed by atoms with van der Waals surface area (Å²) >= 11 is 0. The molecule has 1 aromatic heterocycles. The summed E-state index contributed by atoms with van der Waals surface area (Å²) in [4.78, 5) is 17.1. The topological polar surface area (TPSA) is 90.2 Å². The molecule has 0 bridgehead atoms. The van der Waals surface area contributed by atoms with E-state index in [0.717, 1.165) is 7.11 Å². The standard InChI is InChI=1S/C12H9F3N4O3/c1-22-10-9(12(13,14)15)6-16-11(18-10)17-7-2-4-8(5-3-7)19(20)21/h2-6H,1H3,(H,16,17,18). The number of nitrogens with zero attached hydrogens (tertiary/aromatic N) is 3. The van der Waals surface area contributed by atoms with Crippen molar-refractivity contribution in [2.75, 3.05) is 12.4 Å². The lowest BCUT2D eigenvalue weighted by molar-refractivity contribution is -0.384. The molecule has 10 heteroatoms. The molecule has 0 radical (unpaired) electrons. The SMILES string of the molecule is COc1nc(Nc2ccc([N+](=O)[O-])cc2)ncc1C(F)(F)F. The fraction of sp³-hybridized carbons (Fsp3) is 0.167. The van der Waals surface area contributed by atoms with Gasteiger partial charge < -0.3 is 10.1 Å². The van der Waals surface area contributed by atoms with Gasteiger partial charge in [0.1, 0.15) is 5.56 Å². The molecule has 1 N–H and O–H groups in total. The minimum Gasteiger partial charge on any atom is -0.480 e. The summed E-state index contributed by atoms with van der Waals surface area (Å²) in [7, 11) is 1.06. The summed E-state index contributed by atoms with van der Waals surface area (Å²) in [6.45, 7) is 0. The maximum atomic E-state index is 12.7. The molecule has 1 aromatic carbocycles. The second-order valence-corrected chi connectivity index (χ2v) is 4.04. The number of aromatic nitrogens is 2. The summed E-state index contributed by atoms with van der Waals surface area (Å²) in [5.41, 5.74) is -0.826. The monoisotopic (exact) mass is 314 g/mol. The fourth-order valence-electron chi connectivity index (χ4n) is 1.57. The summed E-state index contributed by atoms with van der Waals surface area (Å²) in [5, 5.41) is 13.2. The molecular weight excluding hydrogens is 305 g/mol. The van der Waals surface area contributed by atoms with Crippen LogP contribution in [0, 0.1) is 10.1 Å². The maximum Gasteiger partial charge on any atom is 0.423 e. The molecule has 0 spiro atoms. The minimum absolute atomic E-state index is 0.114. The Labute approximate surface area is 121 Å². The number of nitro benzene ring substituents is 1. The van der Waals surface area contributed by atoms with Crippen molar-refractivity contribution in [3.8, 4) is 5.88 Å². The first-order valence-corrected chi connectivity index (χ1v) is 5.81. The molecule has 0 unspecified atom stereocenters. The van der Waals surface area contributed by atoms with E-state index in [2.05, 4.69) is 20.0 Å². The van der Waals surface area contributed by atoms with E-state index in [4.69, 9.17) is 0 Å². The number of hydrogen-bond acceptors (Lipinski definition) is 6. The first-order chi connectivity index (χ1) is 10.3. The Balaban J connectivity index is 2.25. The molecule has 2 rings (SSSR count). The molecule has 1 heterocycles. The van der Waals surface area contributed by atoms with Crippen LogP contribution in [0.1, 0.15) is 5.56 Å². The van der Waals surface area contributed by atoms with Crippen LogP contribution in [-0.2, 0) is 6.18 Å². The highest BCUT2D eigenvalue weighted by Crippen LogP contribution is 2.35. The van der Waals surface area contributed by atoms with E-state index >= 15 is 0 Å². The normalized spacial score (nSPS) is 11.1. The maximum absolute atomic E-state index is 12.7. The van der Waals surface area contributed by atoms with Crippen molar-refractivity contribution < 1.29 is 22.8 Å². The average Bonchev–Trinajstić information content (AvgIpc) is 2.46. The summed E-state index contributed by atoms with van der Waals surface area (Å²) in [6.07, 6.45) is -4.03. The van der Waals surface area contributed by atoms with Gasteiger partial charge in [-0.25, -0.2) is 4.98 Å². The van der Waals surface area contributed by atoms with Crippen LogP contribution in [-0.4, -0.2) is 22.0 Å². The zero-order valence-corrected chi connectivity index (χ0v) is 11.1. The van der Waals surface area contributed by atoms with Crippen LogP contribution >= 0.6 is 0 Å². The highest BCUT2D eigenvalue weighted by Gasteiger charge is 2.36. The van der Waals surface area contributed by atoms with Crippen LogP contribution in [0.4, 0.5) is 30.5 Å². The molecule has 22 heavy (non-hydrogen) atoms. The number of halogens is 3. The lowest BCUT2D eigenvalue weighted by Gasteiger charge is -2.12. The van der Waals surface area contributed by atoms with Gasteiger partial charge in [0.2, 0.25) is 11.8 Å². The first kappa shape index (κ1) is 15.5. The molecule has 0 saturated carbocycles. The largest absolute Gasteiger partial charge is 0.480 e. The molecule has 0 aliphatic heterocycles. The van der Waals surface area contributed by atoms with Crippen molar-refractivity contribution in [1.29, 1.82) is 0 Å². The number of anilines is 2. The Morgan fingerprint density at radius 1 is 1.27 bits per heavy atom. The van der Waals surface area contributed by atoms with Crippen LogP contribution < -0.4 is 10.1 Å². The zero-order valence-electron chi connectivity index (χ0n) is 11.1. The summed E-state index contributed by atoms with van der Waals surface area (Å²) in [6, 6.07) is 5.24.